The SMILES string of the molecule is CCCn1c(CN)nnc1SCC(=O)N1CCC1. The number of hydrogen-bond acceptors (Lipinski definition) is 5. The third-order valence-electron chi connectivity index (χ3n) is 2.96. The fourth-order valence-electron chi connectivity index (χ4n) is 1.81. The highest BCUT2D eigenvalue weighted by Crippen LogP contribution is 2.19. The molecule has 1 aliphatic heterocycles. The van der Waals surface area contributed by atoms with Crippen molar-refractivity contribution < 1.29 is 4.79 Å². The fourth-order valence-corrected chi connectivity index (χ4v) is 2.69. The molecule has 0 atom stereocenters. The molecular formula is C11H19N5OS. The van der Waals surface area contributed by atoms with E-state index in [9.17, 15) is 4.79 Å². The molecule has 6 nitrogen and oxygen atoms in total. The molecule has 0 saturated carbocycles. The highest BCUT2D eigenvalue weighted by atomic mass is 32.2. The van der Waals surface area contributed by atoms with Crippen molar-refractivity contribution in [3.8, 4) is 0 Å². The van der Waals surface area contributed by atoms with Gasteiger partial charge in [0.05, 0.1) is 12.3 Å². The molecule has 0 spiro atoms. The summed E-state index contributed by atoms with van der Waals surface area (Å²) in [6.07, 6.45) is 2.12. The first-order valence-electron chi connectivity index (χ1n) is 6.29. The Bertz CT molecular complexity index is 416. The van der Waals surface area contributed by atoms with Gasteiger partial charge >= 0.3 is 0 Å². The van der Waals surface area contributed by atoms with Gasteiger partial charge < -0.3 is 15.2 Å². The molecule has 1 amide bonds. The van der Waals surface area contributed by atoms with Gasteiger partial charge in [-0.25, -0.2) is 0 Å². The lowest BCUT2D eigenvalue weighted by atomic mass is 10.2. The third-order valence-corrected chi connectivity index (χ3v) is 3.91. The topological polar surface area (TPSA) is 77.0 Å². The second kappa shape index (κ2) is 6.19. The summed E-state index contributed by atoms with van der Waals surface area (Å²) in [4.78, 5) is 13.6. The molecule has 1 aliphatic rings. The van der Waals surface area contributed by atoms with Crippen molar-refractivity contribution in [2.24, 2.45) is 5.73 Å². The number of carbonyl (C=O) groups excluding carboxylic acids is 1. The van der Waals surface area contributed by atoms with Crippen molar-refractivity contribution in [2.75, 3.05) is 18.8 Å². The average Bonchev–Trinajstić information content (AvgIpc) is 2.67. The lowest BCUT2D eigenvalue weighted by Gasteiger charge is -2.30. The summed E-state index contributed by atoms with van der Waals surface area (Å²) < 4.78 is 2.01. The largest absolute Gasteiger partial charge is 0.342 e. The van der Waals surface area contributed by atoms with Crippen LogP contribution in [-0.2, 0) is 17.9 Å². The van der Waals surface area contributed by atoms with Crippen molar-refractivity contribution in [3.63, 3.8) is 0 Å². The summed E-state index contributed by atoms with van der Waals surface area (Å²) in [6.45, 7) is 5.12. The van der Waals surface area contributed by atoms with Crippen LogP contribution in [0.5, 0.6) is 0 Å². The number of amides is 1. The van der Waals surface area contributed by atoms with Crippen LogP contribution in [0.2, 0.25) is 0 Å². The number of nitrogens with two attached hydrogens (primary N) is 1. The summed E-state index contributed by atoms with van der Waals surface area (Å²) in [5, 5.41) is 8.96. The van der Waals surface area contributed by atoms with Crippen LogP contribution in [-0.4, -0.2) is 44.4 Å². The number of thioether (sulfide) groups is 1. The van der Waals surface area contributed by atoms with Gasteiger partial charge in [-0.15, -0.1) is 10.2 Å². The lowest BCUT2D eigenvalue weighted by Crippen LogP contribution is -2.43. The maximum atomic E-state index is 11.8. The van der Waals surface area contributed by atoms with Gasteiger partial charge in [-0.2, -0.15) is 0 Å². The Labute approximate surface area is 111 Å². The first-order chi connectivity index (χ1) is 8.76. The van der Waals surface area contributed by atoms with Gasteiger partial charge in [0.1, 0.15) is 5.82 Å². The maximum absolute atomic E-state index is 11.8. The average molecular weight is 269 g/mol. The Morgan fingerprint density at radius 3 is 2.78 bits per heavy atom. The number of rotatable bonds is 6. The summed E-state index contributed by atoms with van der Waals surface area (Å²) in [6, 6.07) is 0. The zero-order chi connectivity index (χ0) is 13.0. The number of nitrogens with zero attached hydrogens (tertiary/aromatic N) is 4. The highest BCUT2D eigenvalue weighted by Gasteiger charge is 2.21. The van der Waals surface area contributed by atoms with Crippen molar-refractivity contribution in [3.05, 3.63) is 5.82 Å². The van der Waals surface area contributed by atoms with Gasteiger partial charge in [-0.3, -0.25) is 4.79 Å². The molecule has 100 valence electrons. The smallest absolute Gasteiger partial charge is 0.233 e. The number of carbonyl (C=O) groups is 1. The Morgan fingerprint density at radius 1 is 1.44 bits per heavy atom. The molecule has 2 rings (SSSR count). The zero-order valence-electron chi connectivity index (χ0n) is 10.6. The van der Waals surface area contributed by atoms with Gasteiger partial charge in [-0.1, -0.05) is 18.7 Å². The van der Waals surface area contributed by atoms with Crippen LogP contribution in [0.1, 0.15) is 25.6 Å². The van der Waals surface area contributed by atoms with Gasteiger partial charge in [0, 0.05) is 19.6 Å². The molecule has 1 aromatic heterocycles. The second-order valence-corrected chi connectivity index (χ2v) is 5.22. The van der Waals surface area contributed by atoms with E-state index in [0.717, 1.165) is 43.5 Å². The minimum absolute atomic E-state index is 0.187. The zero-order valence-corrected chi connectivity index (χ0v) is 11.4. The van der Waals surface area contributed by atoms with E-state index in [4.69, 9.17) is 5.73 Å². The van der Waals surface area contributed by atoms with E-state index >= 15 is 0 Å². The van der Waals surface area contributed by atoms with E-state index in [1.807, 2.05) is 9.47 Å². The quantitative estimate of drug-likeness (QED) is 0.760. The van der Waals surface area contributed by atoms with Gasteiger partial charge in [0.15, 0.2) is 5.16 Å². The Hall–Kier alpha value is -1.08. The molecule has 2 heterocycles. The predicted molar refractivity (Wildman–Crippen MR) is 70.1 cm³/mol. The van der Waals surface area contributed by atoms with Gasteiger partial charge in [0.25, 0.3) is 0 Å². The number of aromatic nitrogens is 3. The normalized spacial score (nSPS) is 14.7. The monoisotopic (exact) mass is 269 g/mol. The standard InChI is InChI=1S/C11H19N5OS/c1-2-4-16-9(7-12)13-14-11(16)18-8-10(17)15-5-3-6-15/h2-8,12H2,1H3. The van der Waals surface area contributed by atoms with Crippen LogP contribution in [0.25, 0.3) is 0 Å². The van der Waals surface area contributed by atoms with Gasteiger partial charge in [-0.05, 0) is 12.8 Å². The van der Waals surface area contributed by atoms with Crippen LogP contribution >= 0.6 is 11.8 Å². The van der Waals surface area contributed by atoms with Crippen LogP contribution in [0.4, 0.5) is 0 Å². The van der Waals surface area contributed by atoms with E-state index in [-0.39, 0.29) is 5.91 Å². The summed E-state index contributed by atoms with van der Waals surface area (Å²) in [7, 11) is 0. The molecule has 7 heteroatoms. The number of likely N-dealkylation sites (tertiary alicyclic amines) is 1. The predicted octanol–water partition coefficient (Wildman–Crippen LogP) is 0.471. The van der Waals surface area contributed by atoms with Crippen molar-refractivity contribution in [1.29, 1.82) is 0 Å². The van der Waals surface area contributed by atoms with Crippen LogP contribution in [0.3, 0.4) is 0 Å². The summed E-state index contributed by atoms with van der Waals surface area (Å²) >= 11 is 1.45. The first-order valence-corrected chi connectivity index (χ1v) is 7.27. The fraction of sp³-hybridized carbons (Fsp3) is 0.727. The van der Waals surface area contributed by atoms with E-state index < -0.39 is 0 Å². The molecule has 1 aromatic rings. The summed E-state index contributed by atoms with van der Waals surface area (Å²) in [5.74, 6) is 1.41. The van der Waals surface area contributed by atoms with Crippen LogP contribution in [0, 0.1) is 0 Å². The Balaban J connectivity index is 1.95. The molecule has 0 bridgehead atoms. The minimum atomic E-state index is 0.187. The Morgan fingerprint density at radius 2 is 2.22 bits per heavy atom. The molecule has 2 N–H and O–H groups in total. The minimum Gasteiger partial charge on any atom is -0.342 e. The third kappa shape index (κ3) is 2.84. The van der Waals surface area contributed by atoms with Crippen LogP contribution in [0.15, 0.2) is 5.16 Å². The van der Waals surface area contributed by atoms with E-state index in [2.05, 4.69) is 17.1 Å². The van der Waals surface area contributed by atoms with Crippen LogP contribution < -0.4 is 5.73 Å². The van der Waals surface area contributed by atoms with Gasteiger partial charge in [0.2, 0.25) is 5.91 Å². The second-order valence-electron chi connectivity index (χ2n) is 4.28. The molecule has 1 saturated heterocycles. The maximum Gasteiger partial charge on any atom is 0.233 e. The number of hydrogen-bond donors (Lipinski definition) is 1. The lowest BCUT2D eigenvalue weighted by molar-refractivity contribution is -0.131. The summed E-state index contributed by atoms with van der Waals surface area (Å²) in [5.41, 5.74) is 5.62. The molecular weight excluding hydrogens is 250 g/mol. The molecule has 0 radical (unpaired) electrons. The van der Waals surface area contributed by atoms with Crippen molar-refractivity contribution >= 4 is 17.7 Å². The molecule has 0 aromatic carbocycles. The van der Waals surface area contributed by atoms with E-state index in [1.54, 1.807) is 0 Å². The molecule has 0 aliphatic carbocycles. The molecule has 18 heavy (non-hydrogen) atoms. The van der Waals surface area contributed by atoms with E-state index in [0.29, 0.717) is 12.3 Å². The Kier molecular flexibility index (Phi) is 4.60. The van der Waals surface area contributed by atoms with Crippen molar-refractivity contribution in [2.45, 2.75) is 38.0 Å². The highest BCUT2D eigenvalue weighted by molar-refractivity contribution is 7.99. The first kappa shape index (κ1) is 13.4. The van der Waals surface area contributed by atoms with E-state index in [1.165, 1.54) is 11.8 Å². The molecule has 0 unspecified atom stereocenters. The van der Waals surface area contributed by atoms with Crippen molar-refractivity contribution in [1.82, 2.24) is 19.7 Å². The molecule has 1 fully saturated rings.